The van der Waals surface area contributed by atoms with Crippen LogP contribution in [-0.2, 0) is 0 Å². The molecule has 21 heavy (non-hydrogen) atoms. The van der Waals surface area contributed by atoms with Crippen LogP contribution in [0.5, 0.6) is 0 Å². The highest BCUT2D eigenvalue weighted by atomic mass is 16.1. The molecule has 3 N–H and O–H groups in total. The molecule has 1 aromatic carbocycles. The van der Waals surface area contributed by atoms with Gasteiger partial charge in [0, 0.05) is 29.2 Å². The molecule has 2 fully saturated rings. The topological polar surface area (TPSA) is 69.8 Å². The molecule has 0 atom stereocenters. The molecule has 1 spiro atoms. The fourth-order valence-corrected chi connectivity index (χ4v) is 3.78. The van der Waals surface area contributed by atoms with Crippen molar-refractivity contribution in [3.8, 4) is 0 Å². The Morgan fingerprint density at radius 2 is 2.29 bits per heavy atom. The molecule has 1 saturated heterocycles. The van der Waals surface area contributed by atoms with Gasteiger partial charge in [0.25, 0.3) is 5.91 Å². The SMILES string of the molecule is Cc1[nH]nc2ccc(C(=O)NC3CC4(CCNC4)C3)cc12. The van der Waals surface area contributed by atoms with Gasteiger partial charge in [-0.3, -0.25) is 9.89 Å². The van der Waals surface area contributed by atoms with Gasteiger partial charge in [-0.05, 0) is 56.3 Å². The van der Waals surface area contributed by atoms with E-state index in [2.05, 4.69) is 20.8 Å². The van der Waals surface area contributed by atoms with E-state index in [-0.39, 0.29) is 5.91 Å². The van der Waals surface area contributed by atoms with Crippen LogP contribution in [0.1, 0.15) is 35.3 Å². The molecule has 1 aromatic heterocycles. The third kappa shape index (κ3) is 2.12. The minimum atomic E-state index is 0.0308. The van der Waals surface area contributed by atoms with E-state index in [1.54, 1.807) is 0 Å². The third-order valence-electron chi connectivity index (χ3n) is 5.03. The minimum Gasteiger partial charge on any atom is -0.349 e. The summed E-state index contributed by atoms with van der Waals surface area (Å²) in [4.78, 5) is 12.4. The van der Waals surface area contributed by atoms with E-state index in [1.807, 2.05) is 25.1 Å². The van der Waals surface area contributed by atoms with Crippen LogP contribution >= 0.6 is 0 Å². The summed E-state index contributed by atoms with van der Waals surface area (Å²) in [5.41, 5.74) is 3.09. The molecule has 1 aliphatic heterocycles. The van der Waals surface area contributed by atoms with Gasteiger partial charge in [0.2, 0.25) is 0 Å². The Hall–Kier alpha value is -1.88. The summed E-state index contributed by atoms with van der Waals surface area (Å²) in [5.74, 6) is 0.0308. The van der Waals surface area contributed by atoms with Crippen molar-refractivity contribution in [3.63, 3.8) is 0 Å². The quantitative estimate of drug-likeness (QED) is 0.787. The van der Waals surface area contributed by atoms with Crippen LogP contribution < -0.4 is 10.6 Å². The van der Waals surface area contributed by atoms with Gasteiger partial charge in [0.05, 0.1) is 5.52 Å². The van der Waals surface area contributed by atoms with Gasteiger partial charge in [0.1, 0.15) is 0 Å². The highest BCUT2D eigenvalue weighted by Gasteiger charge is 2.46. The lowest BCUT2D eigenvalue weighted by Gasteiger charge is -2.45. The molecule has 2 heterocycles. The molecule has 4 rings (SSSR count). The number of aromatic amines is 1. The molecule has 1 saturated carbocycles. The first-order chi connectivity index (χ1) is 10.2. The van der Waals surface area contributed by atoms with Gasteiger partial charge in [-0.25, -0.2) is 0 Å². The molecule has 0 radical (unpaired) electrons. The zero-order chi connectivity index (χ0) is 14.4. The standard InChI is InChI=1S/C16H20N4O/c1-10-13-6-11(2-3-14(13)20-19-10)15(21)18-12-7-16(8-12)4-5-17-9-16/h2-3,6,12,17H,4-5,7-9H2,1H3,(H,18,21)(H,19,20). The van der Waals surface area contributed by atoms with Crippen LogP contribution in [0.2, 0.25) is 0 Å². The third-order valence-corrected chi connectivity index (χ3v) is 5.03. The second-order valence-corrected chi connectivity index (χ2v) is 6.59. The number of hydrogen-bond donors (Lipinski definition) is 3. The lowest BCUT2D eigenvalue weighted by molar-refractivity contribution is 0.0751. The maximum atomic E-state index is 12.4. The van der Waals surface area contributed by atoms with Crippen molar-refractivity contribution in [2.24, 2.45) is 5.41 Å². The predicted octanol–water partition coefficient (Wildman–Crippen LogP) is 1.74. The van der Waals surface area contributed by atoms with E-state index in [0.717, 1.165) is 48.1 Å². The summed E-state index contributed by atoms with van der Waals surface area (Å²) in [7, 11) is 0. The Kier molecular flexibility index (Phi) is 2.79. The summed E-state index contributed by atoms with van der Waals surface area (Å²) >= 11 is 0. The molecule has 0 unspecified atom stereocenters. The fourth-order valence-electron chi connectivity index (χ4n) is 3.78. The van der Waals surface area contributed by atoms with Crippen molar-refractivity contribution in [1.29, 1.82) is 0 Å². The molecule has 2 aliphatic rings. The van der Waals surface area contributed by atoms with Crippen molar-refractivity contribution in [1.82, 2.24) is 20.8 Å². The zero-order valence-electron chi connectivity index (χ0n) is 12.2. The molecule has 0 bridgehead atoms. The van der Waals surface area contributed by atoms with E-state index in [9.17, 15) is 4.79 Å². The summed E-state index contributed by atoms with van der Waals surface area (Å²) < 4.78 is 0. The van der Waals surface area contributed by atoms with Crippen LogP contribution in [0.25, 0.3) is 10.9 Å². The second kappa shape index (κ2) is 4.56. The normalized spacial score (nSPS) is 28.0. The number of carbonyl (C=O) groups excluding carboxylic acids is 1. The Balaban J connectivity index is 1.45. The van der Waals surface area contributed by atoms with Crippen molar-refractivity contribution in [3.05, 3.63) is 29.5 Å². The second-order valence-electron chi connectivity index (χ2n) is 6.59. The predicted molar refractivity (Wildman–Crippen MR) is 81.2 cm³/mol. The first-order valence-corrected chi connectivity index (χ1v) is 7.62. The molecule has 1 amide bonds. The van der Waals surface area contributed by atoms with Gasteiger partial charge < -0.3 is 10.6 Å². The lowest BCUT2D eigenvalue weighted by atomic mass is 9.65. The number of nitrogens with zero attached hydrogens (tertiary/aromatic N) is 1. The minimum absolute atomic E-state index is 0.0308. The van der Waals surface area contributed by atoms with E-state index < -0.39 is 0 Å². The number of amides is 1. The Bertz CT molecular complexity index is 691. The summed E-state index contributed by atoms with van der Waals surface area (Å²) in [6, 6.07) is 6.01. The average Bonchev–Trinajstić information content (AvgIpc) is 3.06. The van der Waals surface area contributed by atoms with E-state index in [4.69, 9.17) is 0 Å². The average molecular weight is 284 g/mol. The molecule has 5 heteroatoms. The number of aryl methyl sites for hydroxylation is 1. The van der Waals surface area contributed by atoms with Crippen LogP contribution in [0, 0.1) is 12.3 Å². The van der Waals surface area contributed by atoms with Crippen LogP contribution in [0.15, 0.2) is 18.2 Å². The molecule has 5 nitrogen and oxygen atoms in total. The zero-order valence-corrected chi connectivity index (χ0v) is 12.2. The number of carbonyl (C=O) groups is 1. The largest absolute Gasteiger partial charge is 0.349 e. The van der Waals surface area contributed by atoms with Crippen molar-refractivity contribution in [2.75, 3.05) is 13.1 Å². The highest BCUT2D eigenvalue weighted by Crippen LogP contribution is 2.45. The van der Waals surface area contributed by atoms with Crippen LogP contribution in [0.4, 0.5) is 0 Å². The summed E-state index contributed by atoms with van der Waals surface area (Å²) in [6.07, 6.45) is 3.47. The van der Waals surface area contributed by atoms with E-state index >= 15 is 0 Å². The molecular weight excluding hydrogens is 264 g/mol. The van der Waals surface area contributed by atoms with Gasteiger partial charge in [0.15, 0.2) is 0 Å². The number of benzene rings is 1. The first-order valence-electron chi connectivity index (χ1n) is 7.62. The maximum absolute atomic E-state index is 12.4. The number of rotatable bonds is 2. The number of aromatic nitrogens is 2. The summed E-state index contributed by atoms with van der Waals surface area (Å²) in [5, 5.41) is 14.7. The Labute approximate surface area is 123 Å². The number of H-pyrrole nitrogens is 1. The number of hydrogen-bond acceptors (Lipinski definition) is 3. The van der Waals surface area contributed by atoms with Crippen molar-refractivity contribution in [2.45, 2.75) is 32.2 Å². The molecular formula is C16H20N4O. The van der Waals surface area contributed by atoms with Crippen molar-refractivity contribution < 1.29 is 4.79 Å². The molecule has 1 aliphatic carbocycles. The molecule has 110 valence electrons. The smallest absolute Gasteiger partial charge is 0.251 e. The first kappa shape index (κ1) is 12.8. The van der Waals surface area contributed by atoms with Crippen LogP contribution in [-0.4, -0.2) is 35.2 Å². The maximum Gasteiger partial charge on any atom is 0.251 e. The van der Waals surface area contributed by atoms with E-state index in [1.165, 1.54) is 6.42 Å². The number of fused-ring (bicyclic) bond motifs is 1. The Morgan fingerprint density at radius 1 is 1.43 bits per heavy atom. The van der Waals surface area contributed by atoms with Gasteiger partial charge in [-0.15, -0.1) is 0 Å². The van der Waals surface area contributed by atoms with E-state index in [0.29, 0.717) is 11.5 Å². The monoisotopic (exact) mass is 284 g/mol. The van der Waals surface area contributed by atoms with Gasteiger partial charge >= 0.3 is 0 Å². The Morgan fingerprint density at radius 3 is 3.05 bits per heavy atom. The fraction of sp³-hybridized carbons (Fsp3) is 0.500. The summed E-state index contributed by atoms with van der Waals surface area (Å²) in [6.45, 7) is 4.20. The van der Waals surface area contributed by atoms with Gasteiger partial charge in [-0.2, -0.15) is 5.10 Å². The lowest BCUT2D eigenvalue weighted by Crippen LogP contribution is -2.51. The highest BCUT2D eigenvalue weighted by molar-refractivity contribution is 5.98. The molecule has 2 aromatic rings. The number of nitrogens with one attached hydrogen (secondary N) is 3. The van der Waals surface area contributed by atoms with Crippen LogP contribution in [0.3, 0.4) is 0 Å². The van der Waals surface area contributed by atoms with Gasteiger partial charge in [-0.1, -0.05) is 0 Å². The van der Waals surface area contributed by atoms with Crippen molar-refractivity contribution >= 4 is 16.8 Å².